The topological polar surface area (TPSA) is 144 Å². The number of rotatable bonds is 6. The normalized spacial score (nSPS) is 22.3. The molecule has 0 radical (unpaired) electrons. The highest BCUT2D eigenvalue weighted by Gasteiger charge is 2.47. The van der Waals surface area contributed by atoms with Crippen LogP contribution in [0.2, 0.25) is 0 Å². The summed E-state index contributed by atoms with van der Waals surface area (Å²) in [5.41, 5.74) is -1.91. The quantitative estimate of drug-likeness (QED) is 0.576. The highest BCUT2D eigenvalue weighted by molar-refractivity contribution is 6.36. The molecule has 0 aromatic carbocycles. The van der Waals surface area contributed by atoms with Gasteiger partial charge in [-0.05, 0) is 19.8 Å². The summed E-state index contributed by atoms with van der Waals surface area (Å²) in [5.74, 6) is -5.18. The zero-order chi connectivity index (χ0) is 22.2. The van der Waals surface area contributed by atoms with Crippen molar-refractivity contribution in [2.45, 2.75) is 68.6 Å². The van der Waals surface area contributed by atoms with Gasteiger partial charge in [0.05, 0.1) is 6.07 Å². The van der Waals surface area contributed by atoms with Gasteiger partial charge in [0, 0.05) is 38.8 Å². The number of oxime groups is 1. The zero-order valence-corrected chi connectivity index (χ0v) is 16.4. The number of likely N-dealkylation sites (tertiary alicyclic amines) is 1. The fraction of sp³-hybridized carbons (Fsp3) is 0.722. The van der Waals surface area contributed by atoms with E-state index in [4.69, 9.17) is 15.2 Å². The molecule has 2 fully saturated rings. The third kappa shape index (κ3) is 4.95. The molecule has 1 saturated heterocycles. The second kappa shape index (κ2) is 7.70. The Labute approximate surface area is 171 Å². The maximum atomic E-state index is 13.6. The molecule has 164 valence electrons. The minimum atomic E-state index is -3.20. The van der Waals surface area contributed by atoms with Crippen LogP contribution in [-0.4, -0.2) is 69.8 Å². The largest absolute Gasteiger partial charge is 0.477 e. The summed E-state index contributed by atoms with van der Waals surface area (Å²) in [7, 11) is 0. The highest BCUT2D eigenvalue weighted by Crippen LogP contribution is 2.36. The van der Waals surface area contributed by atoms with E-state index < -0.39 is 47.4 Å². The Kier molecular flexibility index (Phi) is 5.58. The van der Waals surface area contributed by atoms with E-state index in [0.29, 0.717) is 32.6 Å². The first-order valence-corrected chi connectivity index (χ1v) is 9.61. The first kappa shape index (κ1) is 21.7. The lowest BCUT2D eigenvalue weighted by molar-refractivity contribution is -0.129. The van der Waals surface area contributed by atoms with Crippen molar-refractivity contribution in [2.24, 2.45) is 5.16 Å². The van der Waals surface area contributed by atoms with Crippen LogP contribution in [0, 0.1) is 11.3 Å². The van der Waals surface area contributed by atoms with E-state index in [1.165, 1.54) is 4.90 Å². The molecular weight excluding hydrogens is 404 g/mol. The number of piperidine rings is 1. The molecule has 3 aliphatic rings. The number of amides is 3. The average Bonchev–Trinajstić information content (AvgIpc) is 3.32. The van der Waals surface area contributed by atoms with Crippen molar-refractivity contribution < 1.29 is 33.1 Å². The summed E-state index contributed by atoms with van der Waals surface area (Å²) in [6.45, 7) is 1.03. The minimum Gasteiger partial charge on any atom is -0.477 e. The maximum absolute atomic E-state index is 13.6. The summed E-state index contributed by atoms with van der Waals surface area (Å²) in [4.78, 5) is 42.7. The Morgan fingerprint density at radius 3 is 2.43 bits per heavy atom. The van der Waals surface area contributed by atoms with Gasteiger partial charge in [-0.2, -0.15) is 5.26 Å². The standard InChI is InChI=1S/C18H23F2N5O5/c1-16(19,20)8-11(13(26)23-17(10-21)2-3-17)22-15(29)25-6-4-18(5-7-25)9-12(14(27)28)24-30-18/h11H,2-9H2,1H3,(H,22,29)(H,23,26)(H,27,28)/t11-/m0/s1. The van der Waals surface area contributed by atoms with Gasteiger partial charge < -0.3 is 25.5 Å². The Morgan fingerprint density at radius 1 is 1.33 bits per heavy atom. The van der Waals surface area contributed by atoms with Crippen molar-refractivity contribution in [3.8, 4) is 6.07 Å². The first-order valence-electron chi connectivity index (χ1n) is 9.61. The number of carbonyl (C=O) groups excluding carboxylic acids is 2. The predicted molar refractivity (Wildman–Crippen MR) is 97.6 cm³/mol. The number of nitrogens with one attached hydrogen (secondary N) is 2. The van der Waals surface area contributed by atoms with Crippen LogP contribution in [0.3, 0.4) is 0 Å². The van der Waals surface area contributed by atoms with Crippen LogP contribution < -0.4 is 10.6 Å². The number of hydrogen-bond acceptors (Lipinski definition) is 6. The summed E-state index contributed by atoms with van der Waals surface area (Å²) < 4.78 is 27.1. The predicted octanol–water partition coefficient (Wildman–Crippen LogP) is 0.978. The third-order valence-electron chi connectivity index (χ3n) is 5.55. The number of aliphatic carboxylic acids is 1. The number of alkyl halides is 2. The van der Waals surface area contributed by atoms with Crippen LogP contribution in [0.5, 0.6) is 0 Å². The second-order valence-corrected chi connectivity index (χ2v) is 8.24. The fourth-order valence-electron chi connectivity index (χ4n) is 3.54. The summed E-state index contributed by atoms with van der Waals surface area (Å²) in [5, 5.41) is 26.5. The molecule has 3 amide bonds. The van der Waals surface area contributed by atoms with Gasteiger partial charge in [0.15, 0.2) is 5.71 Å². The molecule has 3 N–H and O–H groups in total. The average molecular weight is 427 g/mol. The SMILES string of the molecule is CC(F)(F)C[C@H](NC(=O)N1CCC2(CC1)CC(C(=O)O)=NO2)C(=O)NC1(C#N)CC1. The molecule has 0 aromatic rings. The number of nitriles is 1. The number of carboxylic acid groups (broad SMARTS) is 1. The zero-order valence-electron chi connectivity index (χ0n) is 16.4. The van der Waals surface area contributed by atoms with Gasteiger partial charge in [-0.15, -0.1) is 0 Å². The second-order valence-electron chi connectivity index (χ2n) is 8.24. The van der Waals surface area contributed by atoms with Gasteiger partial charge in [0.2, 0.25) is 11.8 Å². The lowest BCUT2D eigenvalue weighted by Crippen LogP contribution is -2.56. The van der Waals surface area contributed by atoms with E-state index in [1.807, 2.05) is 6.07 Å². The minimum absolute atomic E-state index is 0.0821. The Morgan fingerprint density at radius 2 is 1.97 bits per heavy atom. The van der Waals surface area contributed by atoms with Crippen molar-refractivity contribution >= 4 is 23.6 Å². The molecule has 12 heteroatoms. The van der Waals surface area contributed by atoms with Crippen LogP contribution >= 0.6 is 0 Å². The van der Waals surface area contributed by atoms with E-state index >= 15 is 0 Å². The third-order valence-corrected chi connectivity index (χ3v) is 5.55. The van der Waals surface area contributed by atoms with Crippen LogP contribution in [0.1, 0.15) is 45.4 Å². The van der Waals surface area contributed by atoms with Crippen molar-refractivity contribution in [2.75, 3.05) is 13.1 Å². The Bertz CT molecular complexity index is 807. The van der Waals surface area contributed by atoms with Crippen molar-refractivity contribution in [1.82, 2.24) is 15.5 Å². The van der Waals surface area contributed by atoms with E-state index in [-0.39, 0.29) is 25.2 Å². The monoisotopic (exact) mass is 427 g/mol. The van der Waals surface area contributed by atoms with Crippen LogP contribution in [0.4, 0.5) is 13.6 Å². The molecule has 1 aliphatic carbocycles. The van der Waals surface area contributed by atoms with Gasteiger partial charge >= 0.3 is 12.0 Å². The van der Waals surface area contributed by atoms with Crippen LogP contribution in [0.15, 0.2) is 5.16 Å². The molecule has 0 bridgehead atoms. The van der Waals surface area contributed by atoms with E-state index in [1.54, 1.807) is 0 Å². The van der Waals surface area contributed by atoms with E-state index in [0.717, 1.165) is 0 Å². The number of carbonyl (C=O) groups is 3. The summed E-state index contributed by atoms with van der Waals surface area (Å²) in [6.07, 6.45) is 0.738. The molecule has 2 heterocycles. The molecule has 2 aliphatic heterocycles. The fourth-order valence-corrected chi connectivity index (χ4v) is 3.54. The number of halogens is 2. The molecule has 1 saturated carbocycles. The molecule has 1 atom stereocenters. The lowest BCUT2D eigenvalue weighted by atomic mass is 9.87. The van der Waals surface area contributed by atoms with Gasteiger partial charge in [-0.25, -0.2) is 18.4 Å². The molecule has 1 spiro atoms. The van der Waals surface area contributed by atoms with Crippen LogP contribution in [0.25, 0.3) is 0 Å². The van der Waals surface area contributed by atoms with Crippen molar-refractivity contribution in [1.29, 1.82) is 5.26 Å². The van der Waals surface area contributed by atoms with Gasteiger partial charge in [-0.1, -0.05) is 5.16 Å². The molecule has 10 nitrogen and oxygen atoms in total. The Hall–Kier alpha value is -2.97. The lowest BCUT2D eigenvalue weighted by Gasteiger charge is -2.37. The molecule has 30 heavy (non-hydrogen) atoms. The molecule has 0 aromatic heterocycles. The van der Waals surface area contributed by atoms with Crippen molar-refractivity contribution in [3.05, 3.63) is 0 Å². The summed E-state index contributed by atoms with van der Waals surface area (Å²) in [6, 6.07) is -0.235. The number of carboxylic acids is 1. The maximum Gasteiger partial charge on any atom is 0.353 e. The van der Waals surface area contributed by atoms with Gasteiger partial charge in [0.1, 0.15) is 17.2 Å². The van der Waals surface area contributed by atoms with Gasteiger partial charge in [-0.3, -0.25) is 4.79 Å². The van der Waals surface area contributed by atoms with Crippen LogP contribution in [-0.2, 0) is 14.4 Å². The first-order chi connectivity index (χ1) is 14.0. The van der Waals surface area contributed by atoms with Gasteiger partial charge in [0.25, 0.3) is 0 Å². The van der Waals surface area contributed by atoms with E-state index in [9.17, 15) is 23.2 Å². The Balaban J connectivity index is 1.57. The number of nitrogens with zero attached hydrogens (tertiary/aromatic N) is 3. The highest BCUT2D eigenvalue weighted by atomic mass is 19.3. The molecule has 3 rings (SSSR count). The molecular formula is C18H23F2N5O5. The van der Waals surface area contributed by atoms with E-state index in [2.05, 4.69) is 15.8 Å². The summed E-state index contributed by atoms with van der Waals surface area (Å²) >= 11 is 0. The van der Waals surface area contributed by atoms with Crippen molar-refractivity contribution in [3.63, 3.8) is 0 Å². The number of urea groups is 1. The smallest absolute Gasteiger partial charge is 0.353 e. The molecule has 0 unspecified atom stereocenters. The number of hydrogen-bond donors (Lipinski definition) is 3.